The van der Waals surface area contributed by atoms with Crippen LogP contribution in [0.2, 0.25) is 0 Å². The molecular weight excluding hydrogens is 352 g/mol. The summed E-state index contributed by atoms with van der Waals surface area (Å²) in [5.74, 6) is -0.821. The summed E-state index contributed by atoms with van der Waals surface area (Å²) in [7, 11) is 1.52. The van der Waals surface area contributed by atoms with Crippen molar-refractivity contribution < 1.29 is 14.4 Å². The van der Waals surface area contributed by atoms with Gasteiger partial charge in [-0.3, -0.25) is 14.5 Å². The van der Waals surface area contributed by atoms with Crippen LogP contribution in [0, 0.1) is 20.8 Å². The molecule has 1 aliphatic heterocycles. The Labute approximate surface area is 155 Å². The molecule has 7 nitrogen and oxygen atoms in total. The van der Waals surface area contributed by atoms with Gasteiger partial charge in [0.05, 0.1) is 5.69 Å². The summed E-state index contributed by atoms with van der Waals surface area (Å²) in [5.41, 5.74) is 5.34. The number of likely N-dealkylation sites (N-methyl/N-ethyl adjacent to an activating group) is 1. The van der Waals surface area contributed by atoms with Crippen LogP contribution in [0.4, 0.5) is 9.93 Å². The first-order valence-electron chi connectivity index (χ1n) is 8.15. The Kier molecular flexibility index (Phi) is 4.78. The number of hydrogen-bond donors (Lipinski definition) is 1. The highest BCUT2D eigenvalue weighted by molar-refractivity contribution is 7.14. The number of aromatic nitrogens is 1. The highest BCUT2D eigenvalue weighted by Crippen LogP contribution is 2.29. The first kappa shape index (κ1) is 18.1. The number of nitrogens with one attached hydrogen (secondary N) is 1. The van der Waals surface area contributed by atoms with Crippen LogP contribution in [0.25, 0.3) is 11.3 Å². The van der Waals surface area contributed by atoms with Crippen molar-refractivity contribution in [2.75, 3.05) is 25.5 Å². The van der Waals surface area contributed by atoms with E-state index in [0.717, 1.165) is 21.7 Å². The number of anilines is 1. The lowest BCUT2D eigenvalue weighted by Gasteiger charge is -2.12. The van der Waals surface area contributed by atoms with Crippen molar-refractivity contribution in [3.05, 3.63) is 34.2 Å². The number of amides is 4. The minimum atomic E-state index is -0.462. The minimum Gasteiger partial charge on any atom is -0.318 e. The molecule has 1 saturated heterocycles. The molecule has 1 N–H and O–H groups in total. The van der Waals surface area contributed by atoms with Gasteiger partial charge in [0, 0.05) is 18.0 Å². The Hall–Kier alpha value is -2.74. The number of imide groups is 1. The van der Waals surface area contributed by atoms with E-state index in [1.54, 1.807) is 0 Å². The van der Waals surface area contributed by atoms with E-state index < -0.39 is 11.9 Å². The molecule has 0 spiro atoms. The van der Waals surface area contributed by atoms with Crippen LogP contribution < -0.4 is 5.32 Å². The molecule has 1 aromatic heterocycles. The Morgan fingerprint density at radius 3 is 2.54 bits per heavy atom. The largest absolute Gasteiger partial charge is 0.327 e. The van der Waals surface area contributed by atoms with Crippen molar-refractivity contribution in [3.63, 3.8) is 0 Å². The first-order valence-corrected chi connectivity index (χ1v) is 9.03. The molecule has 0 saturated carbocycles. The van der Waals surface area contributed by atoms with Crippen LogP contribution >= 0.6 is 11.3 Å². The summed E-state index contributed by atoms with van der Waals surface area (Å²) >= 11 is 1.31. The molecule has 0 bridgehead atoms. The number of aryl methyl sites for hydroxylation is 3. The summed E-state index contributed by atoms with van der Waals surface area (Å²) in [6, 6.07) is 3.74. The molecule has 26 heavy (non-hydrogen) atoms. The van der Waals surface area contributed by atoms with E-state index in [9.17, 15) is 14.4 Å². The predicted molar refractivity (Wildman–Crippen MR) is 100 cm³/mol. The van der Waals surface area contributed by atoms with E-state index in [-0.39, 0.29) is 19.0 Å². The average Bonchev–Trinajstić information content (AvgIpc) is 3.11. The molecule has 0 radical (unpaired) electrons. The first-order chi connectivity index (χ1) is 12.3. The van der Waals surface area contributed by atoms with Crippen LogP contribution in [-0.2, 0) is 9.59 Å². The fourth-order valence-corrected chi connectivity index (χ4v) is 3.54. The van der Waals surface area contributed by atoms with Crippen LogP contribution in [0.3, 0.4) is 0 Å². The number of nitrogens with zero attached hydrogens (tertiary/aromatic N) is 3. The van der Waals surface area contributed by atoms with Gasteiger partial charge in [0.15, 0.2) is 5.13 Å². The van der Waals surface area contributed by atoms with Crippen molar-refractivity contribution in [2.24, 2.45) is 0 Å². The van der Waals surface area contributed by atoms with Gasteiger partial charge in [-0.25, -0.2) is 9.78 Å². The second-order valence-electron chi connectivity index (χ2n) is 6.46. The quantitative estimate of drug-likeness (QED) is 0.836. The van der Waals surface area contributed by atoms with Crippen molar-refractivity contribution in [1.82, 2.24) is 14.8 Å². The Morgan fingerprint density at radius 2 is 1.88 bits per heavy atom. The summed E-state index contributed by atoms with van der Waals surface area (Å²) in [4.78, 5) is 42.4. The summed E-state index contributed by atoms with van der Waals surface area (Å²) in [6.45, 7) is 5.84. The monoisotopic (exact) mass is 372 g/mol. The Balaban J connectivity index is 1.71. The molecule has 0 unspecified atom stereocenters. The fourth-order valence-electron chi connectivity index (χ4n) is 2.82. The van der Waals surface area contributed by atoms with E-state index in [0.29, 0.717) is 5.13 Å². The normalized spacial score (nSPS) is 14.3. The molecule has 4 amide bonds. The number of thiazole rings is 1. The zero-order valence-corrected chi connectivity index (χ0v) is 15.9. The van der Waals surface area contributed by atoms with E-state index in [1.807, 2.05) is 12.3 Å². The average molecular weight is 372 g/mol. The van der Waals surface area contributed by atoms with Crippen molar-refractivity contribution in [1.29, 1.82) is 0 Å². The smallest absolute Gasteiger partial charge is 0.318 e. The second-order valence-corrected chi connectivity index (χ2v) is 7.31. The molecule has 0 atom stereocenters. The maximum Gasteiger partial charge on any atom is 0.327 e. The van der Waals surface area contributed by atoms with Gasteiger partial charge >= 0.3 is 6.03 Å². The van der Waals surface area contributed by atoms with Gasteiger partial charge in [-0.1, -0.05) is 6.07 Å². The van der Waals surface area contributed by atoms with Gasteiger partial charge in [0.1, 0.15) is 13.1 Å². The van der Waals surface area contributed by atoms with E-state index in [2.05, 4.69) is 36.3 Å². The zero-order chi connectivity index (χ0) is 19.0. The van der Waals surface area contributed by atoms with Crippen LogP contribution in [0.1, 0.15) is 16.7 Å². The summed E-state index contributed by atoms with van der Waals surface area (Å²) in [5, 5.41) is 4.99. The van der Waals surface area contributed by atoms with Crippen molar-refractivity contribution in [2.45, 2.75) is 20.8 Å². The van der Waals surface area contributed by atoms with E-state index in [1.165, 1.54) is 34.4 Å². The van der Waals surface area contributed by atoms with Crippen molar-refractivity contribution in [3.8, 4) is 11.3 Å². The number of carbonyl (C=O) groups excluding carboxylic acids is 3. The van der Waals surface area contributed by atoms with Crippen molar-refractivity contribution >= 4 is 34.3 Å². The third-order valence-corrected chi connectivity index (χ3v) is 5.16. The molecular formula is C18H20N4O3S. The molecule has 1 aliphatic rings. The van der Waals surface area contributed by atoms with Gasteiger partial charge < -0.3 is 10.2 Å². The maximum atomic E-state index is 12.2. The van der Waals surface area contributed by atoms with Crippen LogP contribution in [0.15, 0.2) is 17.5 Å². The number of hydrogen-bond acceptors (Lipinski definition) is 5. The second kappa shape index (κ2) is 6.87. The van der Waals surface area contributed by atoms with Gasteiger partial charge in [0.25, 0.3) is 5.91 Å². The SMILES string of the molecule is Cc1cc(C)c(-c2csc(NC(=O)CN3C(=O)CN(C)C3=O)n2)cc1C. The third-order valence-electron chi connectivity index (χ3n) is 4.40. The topological polar surface area (TPSA) is 82.6 Å². The maximum absolute atomic E-state index is 12.2. The number of carbonyl (C=O) groups is 3. The highest BCUT2D eigenvalue weighted by atomic mass is 32.1. The lowest BCUT2D eigenvalue weighted by Crippen LogP contribution is -2.38. The zero-order valence-electron chi connectivity index (χ0n) is 15.1. The summed E-state index contributed by atoms with van der Waals surface area (Å²) in [6.07, 6.45) is 0. The third kappa shape index (κ3) is 3.45. The lowest BCUT2D eigenvalue weighted by molar-refractivity contribution is -0.129. The minimum absolute atomic E-state index is 0.000431. The number of benzene rings is 1. The molecule has 8 heteroatoms. The fraction of sp³-hybridized carbons (Fsp3) is 0.333. The molecule has 3 rings (SSSR count). The molecule has 1 aromatic carbocycles. The van der Waals surface area contributed by atoms with Crippen LogP contribution in [0.5, 0.6) is 0 Å². The summed E-state index contributed by atoms with van der Waals surface area (Å²) < 4.78 is 0. The van der Waals surface area contributed by atoms with Gasteiger partial charge in [0.2, 0.25) is 5.91 Å². The van der Waals surface area contributed by atoms with E-state index >= 15 is 0 Å². The van der Waals surface area contributed by atoms with Gasteiger partial charge in [-0.15, -0.1) is 11.3 Å². The molecule has 2 aromatic rings. The Bertz CT molecular complexity index is 906. The Morgan fingerprint density at radius 1 is 1.19 bits per heavy atom. The standard InChI is InChI=1S/C18H20N4O3S/c1-10-5-12(3)13(6-11(10)2)14-9-26-17(19-14)20-15(23)7-22-16(24)8-21(4)18(22)25/h5-6,9H,7-8H2,1-4H3,(H,19,20,23). The lowest BCUT2D eigenvalue weighted by atomic mass is 9.99. The van der Waals surface area contributed by atoms with Gasteiger partial charge in [-0.2, -0.15) is 0 Å². The number of rotatable bonds is 4. The number of urea groups is 1. The molecule has 1 fully saturated rings. The van der Waals surface area contributed by atoms with E-state index in [4.69, 9.17) is 0 Å². The highest BCUT2D eigenvalue weighted by Gasteiger charge is 2.34. The van der Waals surface area contributed by atoms with Crippen LogP contribution in [-0.4, -0.2) is 52.8 Å². The molecule has 0 aliphatic carbocycles. The molecule has 136 valence electrons. The predicted octanol–water partition coefficient (Wildman–Crippen LogP) is 2.57. The molecule has 2 heterocycles. The van der Waals surface area contributed by atoms with Gasteiger partial charge in [-0.05, 0) is 43.5 Å².